The molecule has 1 heterocycles. The van der Waals surface area contributed by atoms with Gasteiger partial charge in [0.15, 0.2) is 0 Å². The van der Waals surface area contributed by atoms with E-state index in [0.717, 1.165) is 56.2 Å². The van der Waals surface area contributed by atoms with Crippen LogP contribution in [0, 0.1) is 0 Å². The van der Waals surface area contributed by atoms with Crippen LogP contribution in [0.3, 0.4) is 0 Å². The zero-order valence-corrected chi connectivity index (χ0v) is 20.8. The van der Waals surface area contributed by atoms with Crippen molar-refractivity contribution in [1.82, 2.24) is 9.97 Å². The average Bonchev–Trinajstić information content (AvgIpc) is 2.99. The van der Waals surface area contributed by atoms with Gasteiger partial charge in [-0.05, 0) is 23.8 Å². The predicted molar refractivity (Wildman–Crippen MR) is 158 cm³/mol. The highest BCUT2D eigenvalue weighted by Gasteiger charge is 2.19. The number of benzene rings is 5. The van der Waals surface area contributed by atoms with Crippen LogP contribution in [0.5, 0.6) is 0 Å². The van der Waals surface area contributed by atoms with Gasteiger partial charge in [-0.2, -0.15) is 0 Å². The summed E-state index contributed by atoms with van der Waals surface area (Å²) in [6.45, 7) is 0. The number of aromatic nitrogens is 2. The largest absolute Gasteiger partial charge is 0.399 e. The van der Waals surface area contributed by atoms with E-state index in [1.165, 1.54) is 0 Å². The number of nitrogens with two attached hydrogens (primary N) is 2. The molecular weight excluding hydrogens is 464 g/mol. The van der Waals surface area contributed by atoms with Crippen LogP contribution in [0.2, 0.25) is 0 Å². The van der Waals surface area contributed by atoms with E-state index < -0.39 is 0 Å². The Labute approximate surface area is 222 Å². The molecule has 6 rings (SSSR count). The van der Waals surface area contributed by atoms with Gasteiger partial charge in [-0.1, -0.05) is 115 Å². The normalized spacial score (nSPS) is 10.8. The minimum Gasteiger partial charge on any atom is -0.399 e. The SMILES string of the molecule is Nc1ccc(N)c(-c2ccc(-c3nc(-c4ccccc4)c(-c4ccccc4)nc3-c3ccccc3)cc2)c1. The van der Waals surface area contributed by atoms with Crippen LogP contribution in [-0.4, -0.2) is 9.97 Å². The highest BCUT2D eigenvalue weighted by atomic mass is 14.9. The third-order valence-corrected chi connectivity index (χ3v) is 6.58. The second-order valence-electron chi connectivity index (χ2n) is 9.14. The number of nitrogen functional groups attached to an aromatic ring is 2. The first-order valence-corrected chi connectivity index (χ1v) is 12.5. The van der Waals surface area contributed by atoms with Gasteiger partial charge in [-0.15, -0.1) is 0 Å². The summed E-state index contributed by atoms with van der Waals surface area (Å²) in [5, 5.41) is 0. The molecule has 0 bridgehead atoms. The molecule has 0 aliphatic rings. The second kappa shape index (κ2) is 10.0. The summed E-state index contributed by atoms with van der Waals surface area (Å²) in [6.07, 6.45) is 0. The minimum atomic E-state index is 0.680. The number of hydrogen-bond acceptors (Lipinski definition) is 4. The number of nitrogens with zero attached hydrogens (tertiary/aromatic N) is 2. The zero-order valence-electron chi connectivity index (χ0n) is 20.8. The Kier molecular flexibility index (Phi) is 6.12. The summed E-state index contributed by atoms with van der Waals surface area (Å²) < 4.78 is 0. The third kappa shape index (κ3) is 4.51. The molecule has 182 valence electrons. The molecule has 0 amide bonds. The first kappa shape index (κ1) is 23.2. The fourth-order valence-electron chi connectivity index (χ4n) is 4.66. The summed E-state index contributed by atoms with van der Waals surface area (Å²) in [5.41, 5.74) is 22.9. The van der Waals surface area contributed by atoms with Crippen LogP contribution in [0.1, 0.15) is 0 Å². The predicted octanol–water partition coefficient (Wildman–Crippen LogP) is 7.98. The molecule has 0 spiro atoms. The Hall–Kier alpha value is -5.22. The summed E-state index contributed by atoms with van der Waals surface area (Å²) in [6, 6.07) is 44.5. The van der Waals surface area contributed by atoms with Crippen molar-refractivity contribution in [2.24, 2.45) is 0 Å². The quantitative estimate of drug-likeness (QED) is 0.240. The van der Waals surface area contributed by atoms with Gasteiger partial charge in [0.25, 0.3) is 0 Å². The molecule has 5 aromatic carbocycles. The molecule has 1 aromatic heterocycles. The first-order chi connectivity index (χ1) is 18.7. The van der Waals surface area contributed by atoms with Gasteiger partial charge in [0, 0.05) is 39.2 Å². The van der Waals surface area contributed by atoms with Crippen molar-refractivity contribution >= 4 is 11.4 Å². The molecule has 38 heavy (non-hydrogen) atoms. The molecule has 4 N–H and O–H groups in total. The van der Waals surface area contributed by atoms with Gasteiger partial charge in [0.1, 0.15) is 0 Å². The van der Waals surface area contributed by atoms with Gasteiger partial charge in [0.05, 0.1) is 22.8 Å². The van der Waals surface area contributed by atoms with Crippen molar-refractivity contribution in [3.8, 4) is 56.2 Å². The van der Waals surface area contributed by atoms with Crippen LogP contribution in [0.4, 0.5) is 11.4 Å². The van der Waals surface area contributed by atoms with Crippen molar-refractivity contribution in [2.75, 3.05) is 11.5 Å². The van der Waals surface area contributed by atoms with E-state index in [9.17, 15) is 0 Å². The van der Waals surface area contributed by atoms with Crippen molar-refractivity contribution in [3.63, 3.8) is 0 Å². The van der Waals surface area contributed by atoms with Crippen LogP contribution < -0.4 is 11.5 Å². The Balaban J connectivity index is 1.57. The molecule has 6 aromatic rings. The molecule has 0 atom stereocenters. The molecule has 0 unspecified atom stereocenters. The molecule has 4 nitrogen and oxygen atoms in total. The molecule has 0 aliphatic heterocycles. The third-order valence-electron chi connectivity index (χ3n) is 6.58. The number of anilines is 2. The molecule has 4 heteroatoms. The highest BCUT2D eigenvalue weighted by Crippen LogP contribution is 2.38. The van der Waals surface area contributed by atoms with Gasteiger partial charge in [-0.25, -0.2) is 9.97 Å². The van der Waals surface area contributed by atoms with Crippen LogP contribution in [-0.2, 0) is 0 Å². The second-order valence-corrected chi connectivity index (χ2v) is 9.14. The van der Waals surface area contributed by atoms with E-state index in [1.807, 2.05) is 72.8 Å². The summed E-state index contributed by atoms with van der Waals surface area (Å²) in [4.78, 5) is 10.6. The van der Waals surface area contributed by atoms with Gasteiger partial charge >= 0.3 is 0 Å². The molecule has 0 fully saturated rings. The van der Waals surface area contributed by atoms with E-state index in [-0.39, 0.29) is 0 Å². The van der Waals surface area contributed by atoms with E-state index in [2.05, 4.69) is 60.7 Å². The standard InChI is InChI=1S/C34H26N4/c35-28-20-21-30(36)29(22-28)23-16-18-27(19-17-23)34-33(26-14-8-3-9-15-26)37-31(24-10-4-1-5-11-24)32(38-34)25-12-6-2-7-13-25/h1-22H,35-36H2. The molecule has 0 saturated carbocycles. The molecule has 0 aliphatic carbocycles. The Bertz CT molecular complexity index is 1700. The number of hydrogen-bond donors (Lipinski definition) is 2. The minimum absolute atomic E-state index is 0.680. The van der Waals surface area contributed by atoms with Crippen molar-refractivity contribution in [2.45, 2.75) is 0 Å². The van der Waals surface area contributed by atoms with E-state index in [0.29, 0.717) is 11.4 Å². The van der Waals surface area contributed by atoms with Gasteiger partial charge in [0.2, 0.25) is 0 Å². The zero-order chi connectivity index (χ0) is 25.9. The molecule has 0 radical (unpaired) electrons. The fourth-order valence-corrected chi connectivity index (χ4v) is 4.66. The first-order valence-electron chi connectivity index (χ1n) is 12.5. The maximum atomic E-state index is 6.25. The van der Waals surface area contributed by atoms with Crippen LogP contribution in [0.15, 0.2) is 133 Å². The molecular formula is C34H26N4. The van der Waals surface area contributed by atoms with Crippen LogP contribution >= 0.6 is 0 Å². The van der Waals surface area contributed by atoms with Crippen molar-refractivity contribution in [1.29, 1.82) is 0 Å². The molecule has 0 saturated heterocycles. The van der Waals surface area contributed by atoms with Gasteiger partial charge in [-0.3, -0.25) is 0 Å². The van der Waals surface area contributed by atoms with E-state index >= 15 is 0 Å². The maximum absolute atomic E-state index is 6.25. The van der Waals surface area contributed by atoms with Crippen LogP contribution in [0.25, 0.3) is 56.2 Å². The summed E-state index contributed by atoms with van der Waals surface area (Å²) in [7, 11) is 0. The van der Waals surface area contributed by atoms with E-state index in [1.54, 1.807) is 0 Å². The Morgan fingerprint density at radius 3 is 1.16 bits per heavy atom. The summed E-state index contributed by atoms with van der Waals surface area (Å²) in [5.74, 6) is 0. The van der Waals surface area contributed by atoms with E-state index in [4.69, 9.17) is 21.4 Å². The highest BCUT2D eigenvalue weighted by molar-refractivity contribution is 5.87. The van der Waals surface area contributed by atoms with Gasteiger partial charge < -0.3 is 11.5 Å². The van der Waals surface area contributed by atoms with Crippen molar-refractivity contribution < 1.29 is 0 Å². The van der Waals surface area contributed by atoms with Crippen molar-refractivity contribution in [3.05, 3.63) is 133 Å². The lowest BCUT2D eigenvalue weighted by Crippen LogP contribution is -2.01. The summed E-state index contributed by atoms with van der Waals surface area (Å²) >= 11 is 0. The lowest BCUT2D eigenvalue weighted by atomic mass is 9.97. The Morgan fingerprint density at radius 2 is 0.737 bits per heavy atom. The topological polar surface area (TPSA) is 77.8 Å². The number of rotatable bonds is 5. The fraction of sp³-hybridized carbons (Fsp3) is 0. The average molecular weight is 491 g/mol. The lowest BCUT2D eigenvalue weighted by molar-refractivity contribution is 1.21. The Morgan fingerprint density at radius 1 is 0.368 bits per heavy atom. The lowest BCUT2D eigenvalue weighted by Gasteiger charge is -2.16. The monoisotopic (exact) mass is 490 g/mol. The smallest absolute Gasteiger partial charge is 0.0973 e. The maximum Gasteiger partial charge on any atom is 0.0973 e.